The SMILES string of the molecule is CCc1sc(C(=O)NC2C(N)CCCC2(F)F)cc1-c1cnn2cc(OCC(F)(F)F)cnc12. The number of carbonyl (C=O) groups is 1. The minimum atomic E-state index is -4.49. The molecule has 3 heterocycles. The van der Waals surface area contributed by atoms with Crippen molar-refractivity contribution < 1.29 is 31.5 Å². The first-order valence-corrected chi connectivity index (χ1v) is 11.4. The van der Waals surface area contributed by atoms with E-state index in [-0.39, 0.29) is 17.0 Å². The number of aryl methyl sites for hydroxylation is 1. The van der Waals surface area contributed by atoms with Gasteiger partial charge < -0.3 is 15.8 Å². The smallest absolute Gasteiger partial charge is 0.422 e. The number of nitrogens with zero attached hydrogens (tertiary/aromatic N) is 3. The van der Waals surface area contributed by atoms with Gasteiger partial charge in [0.1, 0.15) is 6.04 Å². The van der Waals surface area contributed by atoms with Crippen LogP contribution in [0, 0.1) is 0 Å². The molecule has 2 unspecified atom stereocenters. The van der Waals surface area contributed by atoms with Gasteiger partial charge in [0.15, 0.2) is 18.0 Å². The number of hydrogen-bond acceptors (Lipinski definition) is 6. The zero-order chi connectivity index (χ0) is 24.7. The predicted molar refractivity (Wildman–Crippen MR) is 115 cm³/mol. The summed E-state index contributed by atoms with van der Waals surface area (Å²) in [5.41, 5.74) is 7.40. The van der Waals surface area contributed by atoms with Crippen LogP contribution in [0.25, 0.3) is 16.8 Å². The van der Waals surface area contributed by atoms with Crippen molar-refractivity contribution in [2.45, 2.75) is 56.8 Å². The second-order valence-electron chi connectivity index (χ2n) is 8.09. The van der Waals surface area contributed by atoms with E-state index in [1.54, 1.807) is 6.07 Å². The molecule has 1 amide bonds. The number of nitrogens with one attached hydrogen (secondary N) is 1. The Morgan fingerprint density at radius 3 is 2.79 bits per heavy atom. The number of fused-ring (bicyclic) bond motifs is 1. The molecule has 0 saturated heterocycles. The molecule has 0 aliphatic heterocycles. The summed E-state index contributed by atoms with van der Waals surface area (Å²) in [6.45, 7) is 0.422. The number of ether oxygens (including phenoxy) is 1. The standard InChI is InChI=1S/C21H22F5N5O2S/c1-2-15-12(6-16(34-15)19(32)30-17-14(27)4-3-5-20(17,22)23)13-8-29-31-9-11(7-28-18(13)31)33-10-21(24,25)26/h6-9,14,17H,2-5,10,27H2,1H3,(H,30,32). The summed E-state index contributed by atoms with van der Waals surface area (Å²) in [5, 5.41) is 6.54. The average Bonchev–Trinajstić information content (AvgIpc) is 3.37. The van der Waals surface area contributed by atoms with E-state index in [4.69, 9.17) is 10.5 Å². The van der Waals surface area contributed by atoms with E-state index in [1.807, 2.05) is 6.92 Å². The number of nitrogens with two attached hydrogens (primary N) is 1. The summed E-state index contributed by atoms with van der Waals surface area (Å²) < 4.78 is 71.8. The lowest BCUT2D eigenvalue weighted by Crippen LogP contribution is -2.59. The molecular formula is C21H22F5N5O2S. The molecule has 1 aliphatic rings. The molecule has 0 aromatic carbocycles. The van der Waals surface area contributed by atoms with Crippen LogP contribution < -0.4 is 15.8 Å². The Bertz CT molecular complexity index is 1190. The number of hydrogen-bond donors (Lipinski definition) is 2. The molecule has 1 saturated carbocycles. The fraction of sp³-hybridized carbons (Fsp3) is 0.476. The van der Waals surface area contributed by atoms with Gasteiger partial charge in [-0.25, -0.2) is 18.3 Å². The zero-order valence-electron chi connectivity index (χ0n) is 18.0. The van der Waals surface area contributed by atoms with Crippen molar-refractivity contribution in [1.82, 2.24) is 19.9 Å². The third-order valence-corrected chi connectivity index (χ3v) is 6.87. The van der Waals surface area contributed by atoms with Gasteiger partial charge in [0.25, 0.3) is 11.8 Å². The molecule has 4 rings (SSSR count). The van der Waals surface area contributed by atoms with Gasteiger partial charge in [0.2, 0.25) is 0 Å². The molecule has 2 atom stereocenters. The fourth-order valence-electron chi connectivity index (χ4n) is 3.95. The quantitative estimate of drug-likeness (QED) is 0.492. The Morgan fingerprint density at radius 1 is 1.35 bits per heavy atom. The highest BCUT2D eigenvalue weighted by atomic mass is 32.1. The molecule has 1 aliphatic carbocycles. The Kier molecular flexibility index (Phi) is 6.51. The Labute approximate surface area is 195 Å². The van der Waals surface area contributed by atoms with Crippen LogP contribution in [-0.4, -0.2) is 51.3 Å². The normalized spacial score (nSPS) is 20.4. The third-order valence-electron chi connectivity index (χ3n) is 5.60. The minimum Gasteiger partial charge on any atom is -0.481 e. The van der Waals surface area contributed by atoms with E-state index >= 15 is 0 Å². The predicted octanol–water partition coefficient (Wildman–Crippen LogP) is 4.21. The molecule has 13 heteroatoms. The maximum atomic E-state index is 14.3. The first kappa shape index (κ1) is 24.3. The Morgan fingerprint density at radius 2 is 2.12 bits per heavy atom. The topological polar surface area (TPSA) is 94.5 Å². The summed E-state index contributed by atoms with van der Waals surface area (Å²) >= 11 is 1.17. The third kappa shape index (κ3) is 4.99. The Balaban J connectivity index is 1.59. The second-order valence-corrected chi connectivity index (χ2v) is 9.23. The van der Waals surface area contributed by atoms with Crippen LogP contribution in [0.5, 0.6) is 5.75 Å². The summed E-state index contributed by atoms with van der Waals surface area (Å²) in [4.78, 5) is 18.0. The molecule has 1 fully saturated rings. The molecule has 7 nitrogen and oxygen atoms in total. The molecule has 3 N–H and O–H groups in total. The minimum absolute atomic E-state index is 0.106. The first-order valence-electron chi connectivity index (χ1n) is 10.6. The molecule has 3 aromatic rings. The maximum Gasteiger partial charge on any atom is 0.422 e. The van der Waals surface area contributed by atoms with Crippen molar-refractivity contribution in [3.63, 3.8) is 0 Å². The van der Waals surface area contributed by atoms with Gasteiger partial charge in [-0.3, -0.25) is 4.79 Å². The van der Waals surface area contributed by atoms with Crippen LogP contribution in [0.15, 0.2) is 24.7 Å². The molecule has 0 spiro atoms. The van der Waals surface area contributed by atoms with Gasteiger partial charge in [-0.05, 0) is 25.3 Å². The van der Waals surface area contributed by atoms with Crippen molar-refractivity contribution in [2.24, 2.45) is 5.73 Å². The molecule has 34 heavy (non-hydrogen) atoms. The van der Waals surface area contributed by atoms with Crippen LogP contribution in [0.3, 0.4) is 0 Å². The average molecular weight is 503 g/mol. The second kappa shape index (κ2) is 9.10. The summed E-state index contributed by atoms with van der Waals surface area (Å²) in [7, 11) is 0. The molecule has 3 aromatic heterocycles. The van der Waals surface area contributed by atoms with E-state index < -0.39 is 36.7 Å². The van der Waals surface area contributed by atoms with Crippen LogP contribution in [0.2, 0.25) is 0 Å². The molecule has 184 valence electrons. The number of carbonyl (C=O) groups excluding carboxylic acids is 1. The van der Waals surface area contributed by atoms with Crippen molar-refractivity contribution in [3.8, 4) is 16.9 Å². The van der Waals surface area contributed by atoms with E-state index in [0.717, 1.165) is 11.1 Å². The number of thiophene rings is 1. The van der Waals surface area contributed by atoms with Crippen LogP contribution in [0.1, 0.15) is 40.7 Å². The van der Waals surface area contributed by atoms with E-state index in [0.29, 0.717) is 36.0 Å². The van der Waals surface area contributed by atoms with Crippen LogP contribution in [0.4, 0.5) is 22.0 Å². The van der Waals surface area contributed by atoms with Crippen LogP contribution in [-0.2, 0) is 6.42 Å². The van der Waals surface area contributed by atoms with Crippen molar-refractivity contribution in [2.75, 3.05) is 6.61 Å². The lowest BCUT2D eigenvalue weighted by molar-refractivity contribution is -0.153. The van der Waals surface area contributed by atoms with Crippen molar-refractivity contribution >= 4 is 22.9 Å². The lowest BCUT2D eigenvalue weighted by atomic mass is 9.87. The monoisotopic (exact) mass is 503 g/mol. The molecule has 0 radical (unpaired) electrons. The highest BCUT2D eigenvalue weighted by Gasteiger charge is 2.46. The van der Waals surface area contributed by atoms with Gasteiger partial charge in [0, 0.05) is 28.5 Å². The first-order chi connectivity index (χ1) is 16.0. The van der Waals surface area contributed by atoms with Crippen molar-refractivity contribution in [3.05, 3.63) is 34.4 Å². The number of amides is 1. The summed E-state index contributed by atoms with van der Waals surface area (Å²) in [6, 6.07) is -0.702. The van der Waals surface area contributed by atoms with Crippen molar-refractivity contribution in [1.29, 1.82) is 0 Å². The van der Waals surface area contributed by atoms with Gasteiger partial charge in [-0.15, -0.1) is 11.3 Å². The lowest BCUT2D eigenvalue weighted by Gasteiger charge is -2.36. The number of rotatable bonds is 6. The number of alkyl halides is 5. The van der Waals surface area contributed by atoms with Crippen LogP contribution >= 0.6 is 11.3 Å². The largest absolute Gasteiger partial charge is 0.481 e. The van der Waals surface area contributed by atoms with E-state index in [1.165, 1.54) is 28.2 Å². The maximum absolute atomic E-state index is 14.3. The van der Waals surface area contributed by atoms with Gasteiger partial charge in [-0.2, -0.15) is 18.3 Å². The van der Waals surface area contributed by atoms with Gasteiger partial charge in [-0.1, -0.05) is 6.92 Å². The van der Waals surface area contributed by atoms with Gasteiger partial charge in [0.05, 0.1) is 23.5 Å². The highest BCUT2D eigenvalue weighted by molar-refractivity contribution is 7.14. The fourth-order valence-corrected chi connectivity index (χ4v) is 4.97. The summed E-state index contributed by atoms with van der Waals surface area (Å²) in [5.74, 6) is -3.83. The Hall–Kier alpha value is -2.80. The zero-order valence-corrected chi connectivity index (χ0v) is 18.8. The van der Waals surface area contributed by atoms with Gasteiger partial charge >= 0.3 is 6.18 Å². The molecular weight excluding hydrogens is 481 g/mol. The number of halogens is 5. The number of aromatic nitrogens is 3. The summed E-state index contributed by atoms with van der Waals surface area (Å²) in [6.07, 6.45) is 0.345. The van der Waals surface area contributed by atoms with E-state index in [9.17, 15) is 26.7 Å². The molecule has 0 bridgehead atoms. The van der Waals surface area contributed by atoms with E-state index in [2.05, 4.69) is 15.4 Å². The highest BCUT2D eigenvalue weighted by Crippen LogP contribution is 2.36.